The summed E-state index contributed by atoms with van der Waals surface area (Å²) < 4.78 is 71.1. The van der Waals surface area contributed by atoms with E-state index in [0.29, 0.717) is 12.8 Å². The first-order valence-electron chi connectivity index (χ1n) is 7.03. The van der Waals surface area contributed by atoms with Crippen LogP contribution < -0.4 is 0 Å². The maximum atomic E-state index is 12.4. The molecule has 138 valence electrons. The quantitative estimate of drug-likeness (QED) is 0.210. The van der Waals surface area contributed by atoms with Crippen LogP contribution in [0.2, 0.25) is 18.1 Å². The van der Waals surface area contributed by atoms with Crippen molar-refractivity contribution in [2.75, 3.05) is 6.61 Å². The molecule has 0 saturated heterocycles. The monoisotopic (exact) mass is 488 g/mol. The minimum Gasteiger partial charge on any atom is -0.412 e. The number of hydrogen-bond acceptors (Lipinski definition) is 4. The van der Waals surface area contributed by atoms with E-state index >= 15 is 0 Å². The molecule has 0 aliphatic rings. The van der Waals surface area contributed by atoms with Gasteiger partial charge in [-0.2, -0.15) is 21.6 Å². The summed E-state index contributed by atoms with van der Waals surface area (Å²) in [6, 6.07) is 0. The van der Waals surface area contributed by atoms with Gasteiger partial charge in [0.2, 0.25) is 0 Å². The predicted molar refractivity (Wildman–Crippen MR) is 95.4 cm³/mol. The molecule has 10 heteroatoms. The molecule has 0 rings (SSSR count). The van der Waals surface area contributed by atoms with Crippen molar-refractivity contribution < 1.29 is 30.2 Å². The fraction of sp³-hybridized carbons (Fsp3) is 0.846. The molecule has 0 heterocycles. The van der Waals surface area contributed by atoms with Gasteiger partial charge in [0.25, 0.3) is 0 Å². The number of rotatable bonds is 8. The molecule has 0 saturated carbocycles. The number of allylic oxidation sites excluding steroid dienone is 1. The maximum absolute atomic E-state index is 12.4. The van der Waals surface area contributed by atoms with Crippen molar-refractivity contribution in [2.45, 2.75) is 63.4 Å². The lowest BCUT2D eigenvalue weighted by Crippen LogP contribution is -2.45. The molecule has 0 spiro atoms. The lowest BCUT2D eigenvalue weighted by molar-refractivity contribution is -0.0562. The van der Waals surface area contributed by atoms with Crippen molar-refractivity contribution in [3.05, 3.63) is 10.2 Å². The van der Waals surface area contributed by atoms with Gasteiger partial charge in [0.15, 0.2) is 8.32 Å². The SMILES string of the molecule is CC(C)(C)[Si](C)(C)O[C@H](CC/C=C/I)COS(=O)(=O)C(F)(F)F. The molecule has 1 atom stereocenters. The minimum absolute atomic E-state index is 0.146. The molecule has 0 aliphatic carbocycles. The first-order chi connectivity index (χ1) is 10.1. The highest BCUT2D eigenvalue weighted by atomic mass is 127. The van der Waals surface area contributed by atoms with Crippen molar-refractivity contribution in [3.63, 3.8) is 0 Å². The molecule has 0 bridgehead atoms. The summed E-state index contributed by atoms with van der Waals surface area (Å²) in [4.78, 5) is 0. The van der Waals surface area contributed by atoms with Crippen molar-refractivity contribution in [1.82, 2.24) is 0 Å². The third kappa shape index (κ3) is 7.84. The van der Waals surface area contributed by atoms with Gasteiger partial charge in [0.1, 0.15) is 0 Å². The fourth-order valence-corrected chi connectivity index (χ4v) is 3.54. The second-order valence-electron chi connectivity index (χ2n) is 6.62. The van der Waals surface area contributed by atoms with Gasteiger partial charge in [0.05, 0.1) is 12.7 Å². The lowest BCUT2D eigenvalue weighted by Gasteiger charge is -2.39. The topological polar surface area (TPSA) is 52.6 Å². The lowest BCUT2D eigenvalue weighted by atomic mass is 10.2. The van der Waals surface area contributed by atoms with E-state index in [2.05, 4.69) is 4.18 Å². The maximum Gasteiger partial charge on any atom is 0.523 e. The highest BCUT2D eigenvalue weighted by Gasteiger charge is 2.48. The van der Waals surface area contributed by atoms with Crippen molar-refractivity contribution in [1.29, 1.82) is 0 Å². The molecule has 0 fully saturated rings. The van der Waals surface area contributed by atoms with E-state index < -0.39 is 36.7 Å². The van der Waals surface area contributed by atoms with Crippen LogP contribution in [0.3, 0.4) is 0 Å². The van der Waals surface area contributed by atoms with Crippen LogP contribution in [0.25, 0.3) is 0 Å². The van der Waals surface area contributed by atoms with Crippen LogP contribution >= 0.6 is 22.6 Å². The molecule has 0 amide bonds. The molecule has 0 radical (unpaired) electrons. The predicted octanol–water partition coefficient (Wildman–Crippen LogP) is 4.97. The third-order valence-corrected chi connectivity index (χ3v) is 9.76. The Balaban J connectivity index is 5.04. The average molecular weight is 488 g/mol. The summed E-state index contributed by atoms with van der Waals surface area (Å²) in [5.41, 5.74) is -5.42. The zero-order chi connectivity index (χ0) is 18.5. The van der Waals surface area contributed by atoms with E-state index in [1.54, 1.807) is 4.08 Å². The van der Waals surface area contributed by atoms with E-state index in [1.807, 2.05) is 62.5 Å². The molecule has 0 unspecified atom stereocenters. The summed E-state index contributed by atoms with van der Waals surface area (Å²) in [7, 11) is -7.85. The molecule has 4 nitrogen and oxygen atoms in total. The number of halogens is 4. The standard InChI is InChI=1S/C13H24F3IO4SSi/c1-12(2,3)23(4,5)21-11(8-6-7-9-17)10-20-22(18,19)13(14,15)16/h7,9,11H,6,8,10H2,1-5H3/b9-7+/t11-/m1/s1. The highest BCUT2D eigenvalue weighted by molar-refractivity contribution is 14.1. The van der Waals surface area contributed by atoms with Gasteiger partial charge in [-0.15, -0.1) is 0 Å². The van der Waals surface area contributed by atoms with Crippen molar-refractivity contribution in [2.24, 2.45) is 0 Å². The summed E-state index contributed by atoms with van der Waals surface area (Å²) >= 11 is 2.03. The molecule has 0 N–H and O–H groups in total. The van der Waals surface area contributed by atoms with Gasteiger partial charge >= 0.3 is 15.6 Å². The summed E-state index contributed by atoms with van der Waals surface area (Å²) in [5.74, 6) is 0. The molecule has 0 aromatic carbocycles. The van der Waals surface area contributed by atoms with Crippen LogP contribution in [-0.2, 0) is 18.7 Å². The second-order valence-corrected chi connectivity index (χ2v) is 13.7. The van der Waals surface area contributed by atoms with E-state index in [4.69, 9.17) is 4.43 Å². The summed E-state index contributed by atoms with van der Waals surface area (Å²) in [6.45, 7) is 9.25. The molecular weight excluding hydrogens is 464 g/mol. The molecule has 23 heavy (non-hydrogen) atoms. The van der Waals surface area contributed by atoms with E-state index in [-0.39, 0.29) is 5.04 Å². The third-order valence-electron chi connectivity index (χ3n) is 3.70. The van der Waals surface area contributed by atoms with Gasteiger partial charge in [-0.05, 0) is 35.1 Å². The van der Waals surface area contributed by atoms with Gasteiger partial charge in [-0.25, -0.2) is 0 Å². The van der Waals surface area contributed by atoms with Crippen LogP contribution in [0.4, 0.5) is 13.2 Å². The fourth-order valence-electron chi connectivity index (χ4n) is 1.35. The van der Waals surface area contributed by atoms with Crippen LogP contribution in [0.1, 0.15) is 33.6 Å². The Morgan fingerprint density at radius 1 is 1.22 bits per heavy atom. The van der Waals surface area contributed by atoms with E-state index in [1.165, 1.54) is 0 Å². The minimum atomic E-state index is -5.60. The van der Waals surface area contributed by atoms with Gasteiger partial charge in [-0.3, -0.25) is 4.18 Å². The Morgan fingerprint density at radius 2 is 1.74 bits per heavy atom. The van der Waals surface area contributed by atoms with E-state index in [0.717, 1.165) is 0 Å². The van der Waals surface area contributed by atoms with Crippen LogP contribution in [0, 0.1) is 0 Å². The zero-order valence-corrected chi connectivity index (χ0v) is 17.9. The van der Waals surface area contributed by atoms with Gasteiger partial charge in [-0.1, -0.05) is 49.4 Å². The summed E-state index contributed by atoms with van der Waals surface area (Å²) in [6.07, 6.45) is 2.08. The van der Waals surface area contributed by atoms with E-state index in [9.17, 15) is 21.6 Å². The normalized spacial score (nSPS) is 16.0. The molecule has 0 aliphatic heterocycles. The largest absolute Gasteiger partial charge is 0.523 e. The molecular formula is C13H24F3IO4SSi. The Kier molecular flexibility index (Phi) is 8.76. The first-order valence-corrected chi connectivity index (χ1v) is 12.6. The summed E-state index contributed by atoms with van der Waals surface area (Å²) in [5, 5.41) is -0.146. The van der Waals surface area contributed by atoms with Crippen LogP contribution in [-0.4, -0.2) is 35.0 Å². The Morgan fingerprint density at radius 3 is 2.13 bits per heavy atom. The van der Waals surface area contributed by atoms with Crippen LogP contribution in [0.15, 0.2) is 10.2 Å². The number of alkyl halides is 3. The van der Waals surface area contributed by atoms with Crippen molar-refractivity contribution >= 4 is 41.0 Å². The smallest absolute Gasteiger partial charge is 0.412 e. The van der Waals surface area contributed by atoms with Crippen molar-refractivity contribution in [3.8, 4) is 0 Å². The average Bonchev–Trinajstić information content (AvgIpc) is 2.33. The van der Waals surface area contributed by atoms with Gasteiger partial charge in [0, 0.05) is 0 Å². The Bertz CT molecular complexity index is 498. The molecule has 0 aromatic heterocycles. The molecule has 0 aromatic rings. The Labute approximate surface area is 151 Å². The second kappa shape index (κ2) is 8.63. The first kappa shape index (κ1) is 23.3. The van der Waals surface area contributed by atoms with Crippen LogP contribution in [0.5, 0.6) is 0 Å². The number of hydrogen-bond donors (Lipinski definition) is 0. The zero-order valence-electron chi connectivity index (χ0n) is 13.9. The van der Waals surface area contributed by atoms with Gasteiger partial charge < -0.3 is 4.43 Å². The Hall–Kier alpha value is 0.347. The highest BCUT2D eigenvalue weighted by Crippen LogP contribution is 2.38.